The minimum absolute atomic E-state index is 0.0291. The van der Waals surface area contributed by atoms with E-state index in [9.17, 15) is 4.79 Å². The first-order chi connectivity index (χ1) is 6.41. The molecule has 0 saturated heterocycles. The van der Waals surface area contributed by atoms with Gasteiger partial charge in [0.2, 0.25) is 5.91 Å². The zero-order valence-corrected chi connectivity index (χ0v) is 9.09. The van der Waals surface area contributed by atoms with Gasteiger partial charge < -0.3 is 10.3 Å². The van der Waals surface area contributed by atoms with Crippen molar-refractivity contribution in [3.05, 3.63) is 18.2 Å². The number of hydrogen-bond donors (Lipinski definition) is 2. The van der Waals surface area contributed by atoms with Gasteiger partial charge in [-0.25, -0.2) is 4.98 Å². The van der Waals surface area contributed by atoms with Gasteiger partial charge in [0.15, 0.2) is 0 Å². The lowest BCUT2D eigenvalue weighted by atomic mass is 9.95. The van der Waals surface area contributed by atoms with E-state index in [0.717, 1.165) is 5.82 Å². The predicted octanol–water partition coefficient (Wildman–Crippen LogP) is 1.63. The van der Waals surface area contributed by atoms with Crippen LogP contribution in [0.25, 0.3) is 0 Å². The SMILES string of the molecule is CC(NC(=O)C(C)(C)C)c1ncc[nH]1. The van der Waals surface area contributed by atoms with Crippen molar-refractivity contribution in [3.63, 3.8) is 0 Å². The highest BCUT2D eigenvalue weighted by molar-refractivity contribution is 5.81. The van der Waals surface area contributed by atoms with Crippen molar-refractivity contribution >= 4 is 5.91 Å². The Bertz CT molecular complexity index is 298. The van der Waals surface area contributed by atoms with Crippen molar-refractivity contribution in [2.45, 2.75) is 33.7 Å². The fourth-order valence-corrected chi connectivity index (χ4v) is 0.996. The van der Waals surface area contributed by atoms with Crippen LogP contribution in [0.1, 0.15) is 39.6 Å². The minimum Gasteiger partial charge on any atom is -0.347 e. The maximum absolute atomic E-state index is 11.6. The van der Waals surface area contributed by atoms with Crippen molar-refractivity contribution in [3.8, 4) is 0 Å². The van der Waals surface area contributed by atoms with Crippen molar-refractivity contribution in [2.75, 3.05) is 0 Å². The fourth-order valence-electron chi connectivity index (χ4n) is 0.996. The molecule has 1 rings (SSSR count). The number of nitrogens with zero attached hydrogens (tertiary/aromatic N) is 1. The van der Waals surface area contributed by atoms with Crippen LogP contribution < -0.4 is 5.32 Å². The lowest BCUT2D eigenvalue weighted by Gasteiger charge is -2.20. The number of aromatic amines is 1. The van der Waals surface area contributed by atoms with E-state index in [1.165, 1.54) is 0 Å². The second kappa shape index (κ2) is 3.82. The topological polar surface area (TPSA) is 57.8 Å². The second-order valence-electron chi connectivity index (χ2n) is 4.42. The Morgan fingerprint density at radius 3 is 2.64 bits per heavy atom. The molecule has 0 aromatic carbocycles. The van der Waals surface area contributed by atoms with Gasteiger partial charge in [-0.2, -0.15) is 0 Å². The third kappa shape index (κ3) is 2.58. The maximum atomic E-state index is 11.6. The minimum atomic E-state index is -0.360. The number of hydrogen-bond acceptors (Lipinski definition) is 2. The van der Waals surface area contributed by atoms with E-state index in [0.29, 0.717) is 0 Å². The quantitative estimate of drug-likeness (QED) is 0.753. The molecule has 1 heterocycles. The molecule has 1 atom stereocenters. The van der Waals surface area contributed by atoms with Gasteiger partial charge in [-0.3, -0.25) is 4.79 Å². The lowest BCUT2D eigenvalue weighted by Crippen LogP contribution is -2.36. The Morgan fingerprint density at radius 2 is 2.21 bits per heavy atom. The number of carbonyl (C=O) groups is 1. The van der Waals surface area contributed by atoms with E-state index in [2.05, 4.69) is 15.3 Å². The van der Waals surface area contributed by atoms with Gasteiger partial charge in [0.25, 0.3) is 0 Å². The molecule has 1 aromatic rings. The first-order valence-electron chi connectivity index (χ1n) is 4.71. The normalized spacial score (nSPS) is 13.7. The molecule has 4 nitrogen and oxygen atoms in total. The van der Waals surface area contributed by atoms with Crippen LogP contribution in [0.5, 0.6) is 0 Å². The Kier molecular flexibility index (Phi) is 2.93. The molecule has 0 aliphatic rings. The Balaban J connectivity index is 2.58. The van der Waals surface area contributed by atoms with Gasteiger partial charge in [0.05, 0.1) is 6.04 Å². The third-order valence-corrected chi connectivity index (χ3v) is 1.96. The smallest absolute Gasteiger partial charge is 0.225 e. The van der Waals surface area contributed by atoms with Gasteiger partial charge in [-0.05, 0) is 6.92 Å². The second-order valence-corrected chi connectivity index (χ2v) is 4.42. The van der Waals surface area contributed by atoms with Gasteiger partial charge in [-0.15, -0.1) is 0 Å². The summed E-state index contributed by atoms with van der Waals surface area (Å²) < 4.78 is 0. The zero-order chi connectivity index (χ0) is 10.8. The van der Waals surface area contributed by atoms with Crippen molar-refractivity contribution in [1.29, 1.82) is 0 Å². The summed E-state index contributed by atoms with van der Waals surface area (Å²) in [7, 11) is 0. The molecule has 0 saturated carbocycles. The monoisotopic (exact) mass is 195 g/mol. The van der Waals surface area contributed by atoms with Crippen LogP contribution in [0.15, 0.2) is 12.4 Å². The van der Waals surface area contributed by atoms with Crippen molar-refractivity contribution in [2.24, 2.45) is 5.41 Å². The number of carbonyl (C=O) groups excluding carboxylic acids is 1. The summed E-state index contributed by atoms with van der Waals surface area (Å²) in [5.74, 6) is 0.809. The lowest BCUT2D eigenvalue weighted by molar-refractivity contribution is -0.129. The summed E-state index contributed by atoms with van der Waals surface area (Å²) >= 11 is 0. The first-order valence-corrected chi connectivity index (χ1v) is 4.71. The third-order valence-electron chi connectivity index (χ3n) is 1.96. The molecule has 14 heavy (non-hydrogen) atoms. The Labute approximate surface area is 84.1 Å². The summed E-state index contributed by atoms with van der Waals surface area (Å²) in [5, 5.41) is 2.89. The van der Waals surface area contributed by atoms with Gasteiger partial charge in [-0.1, -0.05) is 20.8 Å². The van der Waals surface area contributed by atoms with Crippen LogP contribution in [0.4, 0.5) is 0 Å². The van der Waals surface area contributed by atoms with E-state index in [1.54, 1.807) is 12.4 Å². The zero-order valence-electron chi connectivity index (χ0n) is 9.09. The predicted molar refractivity (Wildman–Crippen MR) is 54.6 cm³/mol. The molecule has 0 fully saturated rings. The highest BCUT2D eigenvalue weighted by atomic mass is 16.2. The number of aromatic nitrogens is 2. The summed E-state index contributed by atoms with van der Waals surface area (Å²) in [6.07, 6.45) is 3.42. The first kappa shape index (κ1) is 10.8. The van der Waals surface area contributed by atoms with E-state index in [-0.39, 0.29) is 17.4 Å². The molecular formula is C10H17N3O. The maximum Gasteiger partial charge on any atom is 0.225 e. The number of H-pyrrole nitrogens is 1. The highest BCUT2D eigenvalue weighted by Crippen LogP contribution is 2.15. The van der Waals surface area contributed by atoms with Crippen molar-refractivity contribution < 1.29 is 4.79 Å². The van der Waals surface area contributed by atoms with E-state index in [4.69, 9.17) is 0 Å². The molecule has 0 spiro atoms. The molecule has 1 unspecified atom stereocenters. The summed E-state index contributed by atoms with van der Waals surface area (Å²) in [6, 6.07) is -0.0725. The molecule has 0 aliphatic heterocycles. The molecule has 1 aromatic heterocycles. The molecule has 2 N–H and O–H groups in total. The largest absolute Gasteiger partial charge is 0.347 e. The Morgan fingerprint density at radius 1 is 1.57 bits per heavy atom. The fraction of sp³-hybridized carbons (Fsp3) is 0.600. The van der Waals surface area contributed by atoms with Crippen LogP contribution in [0, 0.1) is 5.41 Å². The molecule has 1 amide bonds. The summed E-state index contributed by atoms with van der Waals surface area (Å²) in [6.45, 7) is 7.56. The molecule has 0 aliphatic carbocycles. The van der Waals surface area contributed by atoms with Crippen LogP contribution in [-0.4, -0.2) is 15.9 Å². The number of rotatable bonds is 2. The number of amides is 1. The van der Waals surface area contributed by atoms with Gasteiger partial charge >= 0.3 is 0 Å². The average molecular weight is 195 g/mol. The molecule has 0 radical (unpaired) electrons. The van der Waals surface area contributed by atoms with Crippen molar-refractivity contribution in [1.82, 2.24) is 15.3 Å². The van der Waals surface area contributed by atoms with E-state index < -0.39 is 0 Å². The average Bonchev–Trinajstić information content (AvgIpc) is 2.53. The van der Waals surface area contributed by atoms with E-state index >= 15 is 0 Å². The van der Waals surface area contributed by atoms with Crippen LogP contribution in [0.3, 0.4) is 0 Å². The highest BCUT2D eigenvalue weighted by Gasteiger charge is 2.23. The van der Waals surface area contributed by atoms with Gasteiger partial charge in [0.1, 0.15) is 5.82 Å². The Hall–Kier alpha value is -1.32. The molecule has 0 bridgehead atoms. The van der Waals surface area contributed by atoms with Crippen LogP contribution >= 0.6 is 0 Å². The number of imidazole rings is 1. The standard InChI is InChI=1S/C10H17N3O/c1-7(8-11-5-6-12-8)13-9(14)10(2,3)4/h5-7H,1-4H3,(H,11,12)(H,13,14). The molecular weight excluding hydrogens is 178 g/mol. The molecule has 4 heteroatoms. The summed E-state index contributed by atoms with van der Waals surface area (Å²) in [4.78, 5) is 18.7. The van der Waals surface area contributed by atoms with E-state index in [1.807, 2.05) is 27.7 Å². The van der Waals surface area contributed by atoms with Crippen LogP contribution in [0.2, 0.25) is 0 Å². The van der Waals surface area contributed by atoms with Gasteiger partial charge in [0, 0.05) is 17.8 Å². The summed E-state index contributed by atoms with van der Waals surface area (Å²) in [5.41, 5.74) is -0.360. The van der Waals surface area contributed by atoms with Crippen LogP contribution in [-0.2, 0) is 4.79 Å². The molecule has 78 valence electrons. The number of nitrogens with one attached hydrogen (secondary N) is 2.